The van der Waals surface area contributed by atoms with E-state index in [1.54, 1.807) is 19.1 Å². The largest absolute Gasteiger partial charge is 0.466 e. The van der Waals surface area contributed by atoms with Gasteiger partial charge in [0.1, 0.15) is 0 Å². The molecule has 1 fully saturated rings. The van der Waals surface area contributed by atoms with Crippen LogP contribution in [0.3, 0.4) is 0 Å². The maximum Gasteiger partial charge on any atom is 0.306 e. The second-order valence-electron chi connectivity index (χ2n) is 5.59. The van der Waals surface area contributed by atoms with Crippen molar-refractivity contribution in [3.8, 4) is 0 Å². The fourth-order valence-electron chi connectivity index (χ4n) is 2.15. The van der Waals surface area contributed by atoms with Crippen LogP contribution < -0.4 is 10.6 Å². The molecular formula is C17H22N2O4. The van der Waals surface area contributed by atoms with Crippen molar-refractivity contribution in [2.75, 3.05) is 17.2 Å². The molecule has 2 N–H and O–H groups in total. The number of carbonyl (C=O) groups is 3. The van der Waals surface area contributed by atoms with Crippen LogP contribution in [0.1, 0.15) is 38.2 Å². The van der Waals surface area contributed by atoms with Crippen molar-refractivity contribution in [3.63, 3.8) is 0 Å². The van der Waals surface area contributed by atoms with E-state index >= 15 is 0 Å². The van der Waals surface area contributed by atoms with Gasteiger partial charge in [0.2, 0.25) is 11.8 Å². The summed E-state index contributed by atoms with van der Waals surface area (Å²) in [5.41, 5.74) is 2.13. The molecule has 1 aromatic carbocycles. The SMILES string of the molecule is CCOC(=O)CCC(=O)Nc1cccc(NC(=O)C2CC2)c1C. The van der Waals surface area contributed by atoms with Crippen molar-refractivity contribution in [1.29, 1.82) is 0 Å². The van der Waals surface area contributed by atoms with Crippen molar-refractivity contribution in [3.05, 3.63) is 23.8 Å². The highest BCUT2D eigenvalue weighted by molar-refractivity contribution is 5.97. The fourth-order valence-corrected chi connectivity index (χ4v) is 2.15. The highest BCUT2D eigenvalue weighted by Crippen LogP contribution is 2.31. The number of anilines is 2. The Morgan fingerprint density at radius 3 is 2.39 bits per heavy atom. The molecule has 0 saturated heterocycles. The first-order valence-electron chi connectivity index (χ1n) is 7.87. The normalized spacial score (nSPS) is 13.3. The van der Waals surface area contributed by atoms with Crippen molar-refractivity contribution in [2.45, 2.75) is 39.5 Å². The molecule has 0 atom stereocenters. The molecule has 0 spiro atoms. The molecule has 23 heavy (non-hydrogen) atoms. The van der Waals surface area contributed by atoms with E-state index in [1.165, 1.54) is 0 Å². The van der Waals surface area contributed by atoms with Crippen molar-refractivity contribution >= 4 is 29.2 Å². The number of ether oxygens (including phenoxy) is 1. The summed E-state index contributed by atoms with van der Waals surface area (Å²) >= 11 is 0. The van der Waals surface area contributed by atoms with Crippen LogP contribution in [0.2, 0.25) is 0 Å². The van der Waals surface area contributed by atoms with E-state index in [2.05, 4.69) is 10.6 Å². The number of nitrogens with one attached hydrogen (secondary N) is 2. The van der Waals surface area contributed by atoms with Crippen LogP contribution in [0.4, 0.5) is 11.4 Å². The Labute approximate surface area is 135 Å². The van der Waals surface area contributed by atoms with Crippen LogP contribution in [0.25, 0.3) is 0 Å². The van der Waals surface area contributed by atoms with Gasteiger partial charge in [0.25, 0.3) is 0 Å². The first-order chi connectivity index (χ1) is 11.0. The highest BCUT2D eigenvalue weighted by Gasteiger charge is 2.29. The molecular weight excluding hydrogens is 296 g/mol. The minimum atomic E-state index is -0.384. The van der Waals surface area contributed by atoms with E-state index < -0.39 is 0 Å². The molecule has 1 aromatic rings. The minimum Gasteiger partial charge on any atom is -0.466 e. The molecule has 0 aliphatic heterocycles. The summed E-state index contributed by atoms with van der Waals surface area (Å²) < 4.78 is 4.79. The van der Waals surface area contributed by atoms with Gasteiger partial charge in [-0.1, -0.05) is 6.07 Å². The monoisotopic (exact) mass is 318 g/mol. The molecule has 6 nitrogen and oxygen atoms in total. The number of carbonyl (C=O) groups excluding carboxylic acids is 3. The maximum absolute atomic E-state index is 11.9. The van der Waals surface area contributed by atoms with E-state index in [1.807, 2.05) is 13.0 Å². The van der Waals surface area contributed by atoms with E-state index in [0.29, 0.717) is 18.0 Å². The molecule has 1 aliphatic rings. The number of rotatable bonds is 7. The van der Waals surface area contributed by atoms with Crippen LogP contribution in [-0.4, -0.2) is 24.4 Å². The molecule has 124 valence electrons. The quantitative estimate of drug-likeness (QED) is 0.757. The zero-order chi connectivity index (χ0) is 16.8. The lowest BCUT2D eigenvalue weighted by molar-refractivity contribution is -0.144. The van der Waals surface area contributed by atoms with Crippen LogP contribution in [-0.2, 0) is 19.1 Å². The number of hydrogen-bond donors (Lipinski definition) is 2. The zero-order valence-corrected chi connectivity index (χ0v) is 13.5. The number of esters is 1. The van der Waals surface area contributed by atoms with Gasteiger partial charge in [-0.05, 0) is 44.4 Å². The summed E-state index contributed by atoms with van der Waals surface area (Å²) in [5, 5.41) is 5.66. The molecule has 1 saturated carbocycles. The average Bonchev–Trinajstić information content (AvgIpc) is 3.34. The second kappa shape index (κ2) is 7.76. The van der Waals surface area contributed by atoms with Gasteiger partial charge >= 0.3 is 5.97 Å². The van der Waals surface area contributed by atoms with Gasteiger partial charge in [0, 0.05) is 23.7 Å². The van der Waals surface area contributed by atoms with Crippen LogP contribution in [0, 0.1) is 12.8 Å². The highest BCUT2D eigenvalue weighted by atomic mass is 16.5. The van der Waals surface area contributed by atoms with E-state index in [9.17, 15) is 14.4 Å². The lowest BCUT2D eigenvalue weighted by Crippen LogP contribution is -2.17. The fraction of sp³-hybridized carbons (Fsp3) is 0.471. The summed E-state index contributed by atoms with van der Waals surface area (Å²) in [6.45, 7) is 3.87. The molecule has 2 rings (SSSR count). The minimum absolute atomic E-state index is 0.0267. The Morgan fingerprint density at radius 1 is 1.13 bits per heavy atom. The van der Waals surface area contributed by atoms with Gasteiger partial charge < -0.3 is 15.4 Å². The third-order valence-corrected chi connectivity index (χ3v) is 3.68. The van der Waals surface area contributed by atoms with Gasteiger partial charge in [-0.2, -0.15) is 0 Å². The van der Waals surface area contributed by atoms with Gasteiger partial charge in [-0.3, -0.25) is 14.4 Å². The van der Waals surface area contributed by atoms with Crippen LogP contribution in [0.15, 0.2) is 18.2 Å². The maximum atomic E-state index is 11.9. The van der Waals surface area contributed by atoms with Crippen LogP contribution in [0.5, 0.6) is 0 Å². The van der Waals surface area contributed by atoms with Crippen molar-refractivity contribution < 1.29 is 19.1 Å². The molecule has 6 heteroatoms. The summed E-state index contributed by atoms with van der Waals surface area (Å²) in [4.78, 5) is 35.0. The Hall–Kier alpha value is -2.37. The number of benzene rings is 1. The zero-order valence-electron chi connectivity index (χ0n) is 13.5. The van der Waals surface area contributed by atoms with Gasteiger partial charge in [0.15, 0.2) is 0 Å². The van der Waals surface area contributed by atoms with Crippen molar-refractivity contribution in [2.24, 2.45) is 5.92 Å². The van der Waals surface area contributed by atoms with Crippen molar-refractivity contribution in [1.82, 2.24) is 0 Å². The molecule has 0 radical (unpaired) electrons. The van der Waals surface area contributed by atoms with Gasteiger partial charge in [-0.15, -0.1) is 0 Å². The van der Waals surface area contributed by atoms with E-state index in [4.69, 9.17) is 4.74 Å². The number of amides is 2. The second-order valence-corrected chi connectivity index (χ2v) is 5.59. The van der Waals surface area contributed by atoms with Gasteiger partial charge in [0.05, 0.1) is 13.0 Å². The number of hydrogen-bond acceptors (Lipinski definition) is 4. The molecule has 2 amide bonds. The lowest BCUT2D eigenvalue weighted by atomic mass is 10.1. The first kappa shape index (κ1) is 17.0. The Balaban J connectivity index is 1.92. The Bertz CT molecular complexity index is 609. The first-order valence-corrected chi connectivity index (χ1v) is 7.87. The summed E-state index contributed by atoms with van der Waals surface area (Å²) in [7, 11) is 0. The van der Waals surface area contributed by atoms with Crippen LogP contribution >= 0.6 is 0 Å². The summed E-state index contributed by atoms with van der Waals surface area (Å²) in [5.74, 6) is -0.493. The summed E-state index contributed by atoms with van der Waals surface area (Å²) in [6, 6.07) is 5.35. The molecule has 1 aliphatic carbocycles. The Morgan fingerprint density at radius 2 is 1.78 bits per heavy atom. The standard InChI is InChI=1S/C17H22N2O4/c1-3-23-16(21)10-9-15(20)18-13-5-4-6-14(11(13)2)19-17(22)12-7-8-12/h4-6,12H,3,7-10H2,1-2H3,(H,18,20)(H,19,22). The smallest absolute Gasteiger partial charge is 0.306 e. The predicted molar refractivity (Wildman–Crippen MR) is 87.0 cm³/mol. The molecule has 0 unspecified atom stereocenters. The Kier molecular flexibility index (Phi) is 5.73. The van der Waals surface area contributed by atoms with E-state index in [0.717, 1.165) is 18.4 Å². The molecule has 0 bridgehead atoms. The topological polar surface area (TPSA) is 84.5 Å². The average molecular weight is 318 g/mol. The molecule has 0 aromatic heterocycles. The lowest BCUT2D eigenvalue weighted by Gasteiger charge is -2.13. The third kappa shape index (κ3) is 5.09. The predicted octanol–water partition coefficient (Wildman–Crippen LogP) is 2.63. The summed E-state index contributed by atoms with van der Waals surface area (Å²) in [6.07, 6.45) is 2.00. The third-order valence-electron chi connectivity index (χ3n) is 3.68. The van der Waals surface area contributed by atoms with E-state index in [-0.39, 0.29) is 36.5 Å². The van der Waals surface area contributed by atoms with Gasteiger partial charge in [-0.25, -0.2) is 0 Å². The molecule has 0 heterocycles.